The van der Waals surface area contributed by atoms with Crippen LogP contribution >= 0.6 is 0 Å². The van der Waals surface area contributed by atoms with Crippen molar-refractivity contribution in [2.24, 2.45) is 7.05 Å². The number of carbonyl (C=O) groups is 3. The van der Waals surface area contributed by atoms with E-state index in [4.69, 9.17) is 4.74 Å². The number of anilines is 1. The number of hydrogen-bond donors (Lipinski definition) is 3. The number of fused-ring (bicyclic) bond motifs is 3. The maximum atomic E-state index is 12.4. The summed E-state index contributed by atoms with van der Waals surface area (Å²) in [6.07, 6.45) is 2.07. The van der Waals surface area contributed by atoms with Gasteiger partial charge in [0.1, 0.15) is 12.2 Å². The van der Waals surface area contributed by atoms with Gasteiger partial charge in [0.15, 0.2) is 5.82 Å². The Kier molecular flexibility index (Phi) is 7.14. The van der Waals surface area contributed by atoms with Crippen LogP contribution in [0, 0.1) is 0 Å². The van der Waals surface area contributed by atoms with Crippen LogP contribution in [0.15, 0.2) is 54.7 Å². The van der Waals surface area contributed by atoms with Crippen LogP contribution in [0.25, 0.3) is 11.1 Å². The van der Waals surface area contributed by atoms with Crippen molar-refractivity contribution in [3.8, 4) is 11.1 Å². The molecule has 0 saturated carbocycles. The number of amides is 2. The Labute approximate surface area is 203 Å². The summed E-state index contributed by atoms with van der Waals surface area (Å²) in [5, 5.41) is 18.5. The molecule has 2 aromatic carbocycles. The molecule has 0 saturated heterocycles. The van der Waals surface area contributed by atoms with Crippen LogP contribution in [0.3, 0.4) is 0 Å². The minimum absolute atomic E-state index is 0.00515. The number of carboxylic acid groups (broad SMARTS) is 1. The highest BCUT2D eigenvalue weighted by Gasteiger charge is 2.29. The summed E-state index contributed by atoms with van der Waals surface area (Å²) < 4.78 is 6.89. The molecule has 0 fully saturated rings. The minimum atomic E-state index is -1.16. The third kappa shape index (κ3) is 5.51. The Morgan fingerprint density at radius 2 is 1.71 bits per heavy atom. The van der Waals surface area contributed by atoms with Crippen LogP contribution in [-0.4, -0.2) is 45.5 Å². The Balaban J connectivity index is 1.22. The van der Waals surface area contributed by atoms with Crippen LogP contribution in [0.5, 0.6) is 0 Å². The molecule has 0 aliphatic heterocycles. The van der Waals surface area contributed by atoms with Gasteiger partial charge in [-0.15, -0.1) is 0 Å². The van der Waals surface area contributed by atoms with E-state index in [-0.39, 0.29) is 42.3 Å². The van der Waals surface area contributed by atoms with E-state index in [1.165, 1.54) is 22.0 Å². The second-order valence-electron chi connectivity index (χ2n) is 8.68. The number of carbonyl (C=O) groups excluding carboxylic acids is 2. The standard InChI is InChI=1S/C26H28N4O5/c1-16(8-7-13-23(31)28-24-21(25(32)33)14-30(2)29-24)27-26(34)35-15-22-19-11-5-3-9-17(19)18-10-4-6-12-20(18)22/h3-6,9-12,14,16,22H,7-8,13,15H2,1-2H3,(H,27,34)(H,32,33)(H,28,29,31). The quantitative estimate of drug-likeness (QED) is 0.426. The zero-order chi connectivity index (χ0) is 24.9. The smallest absolute Gasteiger partial charge is 0.407 e. The fraction of sp³-hybridized carbons (Fsp3) is 0.308. The molecule has 4 rings (SSSR count). The summed E-state index contributed by atoms with van der Waals surface area (Å²) in [5.74, 6) is -1.47. The lowest BCUT2D eigenvalue weighted by Crippen LogP contribution is -2.34. The summed E-state index contributed by atoms with van der Waals surface area (Å²) >= 11 is 0. The highest BCUT2D eigenvalue weighted by atomic mass is 16.5. The Morgan fingerprint density at radius 3 is 2.34 bits per heavy atom. The topological polar surface area (TPSA) is 123 Å². The minimum Gasteiger partial charge on any atom is -0.477 e. The third-order valence-electron chi connectivity index (χ3n) is 6.07. The van der Waals surface area contributed by atoms with Crippen LogP contribution < -0.4 is 10.6 Å². The number of ether oxygens (including phenoxy) is 1. The number of aromatic carboxylic acids is 1. The van der Waals surface area contributed by atoms with Crippen molar-refractivity contribution < 1.29 is 24.2 Å². The molecular weight excluding hydrogens is 448 g/mol. The number of nitrogens with zero attached hydrogens (tertiary/aromatic N) is 2. The van der Waals surface area contributed by atoms with Crippen molar-refractivity contribution in [3.63, 3.8) is 0 Å². The largest absolute Gasteiger partial charge is 0.477 e. The lowest BCUT2D eigenvalue weighted by atomic mass is 9.98. The fourth-order valence-electron chi connectivity index (χ4n) is 4.41. The Morgan fingerprint density at radius 1 is 1.09 bits per heavy atom. The SMILES string of the molecule is CC(CCCC(=O)Nc1nn(C)cc1C(=O)O)NC(=O)OCC1c2ccccc2-c2ccccc21. The molecule has 1 unspecified atom stereocenters. The number of alkyl carbamates (subject to hydrolysis) is 1. The first kappa shape index (κ1) is 24.0. The van der Waals surface area contributed by atoms with E-state index in [0.29, 0.717) is 12.8 Å². The number of benzene rings is 2. The van der Waals surface area contributed by atoms with Gasteiger partial charge in [-0.3, -0.25) is 9.48 Å². The summed E-state index contributed by atoms with van der Waals surface area (Å²) in [4.78, 5) is 35.8. The van der Waals surface area contributed by atoms with Gasteiger partial charge in [0.2, 0.25) is 5.91 Å². The molecule has 1 heterocycles. The molecule has 1 aliphatic rings. The number of nitrogens with one attached hydrogen (secondary N) is 2. The van der Waals surface area contributed by atoms with Crippen molar-refractivity contribution in [2.45, 2.75) is 38.1 Å². The van der Waals surface area contributed by atoms with E-state index in [1.54, 1.807) is 7.05 Å². The number of carboxylic acids is 1. The highest BCUT2D eigenvalue weighted by molar-refractivity contribution is 5.99. The van der Waals surface area contributed by atoms with E-state index in [1.807, 2.05) is 31.2 Å². The molecule has 1 aromatic heterocycles. The molecule has 3 aromatic rings. The highest BCUT2D eigenvalue weighted by Crippen LogP contribution is 2.44. The van der Waals surface area contributed by atoms with Gasteiger partial charge in [-0.1, -0.05) is 48.5 Å². The van der Waals surface area contributed by atoms with Gasteiger partial charge in [-0.2, -0.15) is 5.10 Å². The van der Waals surface area contributed by atoms with Gasteiger partial charge >= 0.3 is 12.1 Å². The van der Waals surface area contributed by atoms with Crippen LogP contribution in [0.1, 0.15) is 53.6 Å². The summed E-state index contributed by atoms with van der Waals surface area (Å²) in [6.45, 7) is 2.09. The van der Waals surface area contributed by atoms with Gasteiger partial charge in [0.25, 0.3) is 0 Å². The maximum absolute atomic E-state index is 12.4. The number of hydrogen-bond acceptors (Lipinski definition) is 5. The fourth-order valence-corrected chi connectivity index (χ4v) is 4.41. The predicted molar refractivity (Wildman–Crippen MR) is 130 cm³/mol. The molecule has 1 aliphatic carbocycles. The van der Waals surface area contributed by atoms with Crippen molar-refractivity contribution in [1.82, 2.24) is 15.1 Å². The first-order chi connectivity index (χ1) is 16.8. The second-order valence-corrected chi connectivity index (χ2v) is 8.68. The normalized spacial score (nSPS) is 13.0. The predicted octanol–water partition coefficient (Wildman–Crippen LogP) is 4.15. The van der Waals surface area contributed by atoms with Gasteiger partial charge in [-0.25, -0.2) is 9.59 Å². The van der Waals surface area contributed by atoms with Crippen molar-refractivity contribution in [1.29, 1.82) is 0 Å². The molecule has 0 radical (unpaired) electrons. The first-order valence-corrected chi connectivity index (χ1v) is 11.5. The Hall–Kier alpha value is -4.14. The zero-order valence-electron chi connectivity index (χ0n) is 19.7. The zero-order valence-corrected chi connectivity index (χ0v) is 19.7. The average molecular weight is 477 g/mol. The van der Waals surface area contributed by atoms with Gasteiger partial charge in [-0.05, 0) is 42.0 Å². The molecule has 9 nitrogen and oxygen atoms in total. The third-order valence-corrected chi connectivity index (χ3v) is 6.07. The first-order valence-electron chi connectivity index (χ1n) is 11.5. The second kappa shape index (κ2) is 10.4. The summed E-state index contributed by atoms with van der Waals surface area (Å²) in [5.41, 5.74) is 4.58. The van der Waals surface area contributed by atoms with E-state index >= 15 is 0 Å². The molecule has 1 atom stereocenters. The van der Waals surface area contributed by atoms with Crippen molar-refractivity contribution in [3.05, 3.63) is 71.4 Å². The molecule has 2 amide bonds. The van der Waals surface area contributed by atoms with Gasteiger partial charge in [0.05, 0.1) is 0 Å². The molecule has 0 bridgehead atoms. The molecule has 3 N–H and O–H groups in total. The lowest BCUT2D eigenvalue weighted by molar-refractivity contribution is -0.116. The van der Waals surface area contributed by atoms with Crippen LogP contribution in [0.4, 0.5) is 10.6 Å². The van der Waals surface area contributed by atoms with Crippen molar-refractivity contribution >= 4 is 23.8 Å². The van der Waals surface area contributed by atoms with E-state index in [9.17, 15) is 19.5 Å². The maximum Gasteiger partial charge on any atom is 0.407 e. The number of aryl methyl sites for hydroxylation is 1. The van der Waals surface area contributed by atoms with Gasteiger partial charge in [0, 0.05) is 31.6 Å². The molecule has 182 valence electrons. The van der Waals surface area contributed by atoms with Gasteiger partial charge < -0.3 is 20.5 Å². The molecule has 9 heteroatoms. The number of aromatic nitrogens is 2. The lowest BCUT2D eigenvalue weighted by Gasteiger charge is -2.17. The number of rotatable bonds is 9. The van der Waals surface area contributed by atoms with Crippen LogP contribution in [-0.2, 0) is 16.6 Å². The van der Waals surface area contributed by atoms with E-state index in [2.05, 4.69) is 40.0 Å². The summed E-state index contributed by atoms with van der Waals surface area (Å²) in [7, 11) is 1.58. The average Bonchev–Trinajstić information content (AvgIpc) is 3.35. The van der Waals surface area contributed by atoms with E-state index in [0.717, 1.165) is 11.1 Å². The molecule has 35 heavy (non-hydrogen) atoms. The van der Waals surface area contributed by atoms with E-state index < -0.39 is 12.1 Å². The Bertz CT molecular complexity index is 1210. The molecular formula is C26H28N4O5. The van der Waals surface area contributed by atoms with Crippen LogP contribution in [0.2, 0.25) is 0 Å². The monoisotopic (exact) mass is 476 g/mol. The van der Waals surface area contributed by atoms with Crippen molar-refractivity contribution in [2.75, 3.05) is 11.9 Å². The summed E-state index contributed by atoms with van der Waals surface area (Å²) in [6, 6.07) is 16.1. The molecule has 0 spiro atoms.